The van der Waals surface area contributed by atoms with E-state index in [1.54, 1.807) is 0 Å². The third kappa shape index (κ3) is 1.82. The number of halogens is 1. The fourth-order valence-electron chi connectivity index (χ4n) is 2.05. The van der Waals surface area contributed by atoms with Gasteiger partial charge in [0.05, 0.1) is 0 Å². The lowest BCUT2D eigenvalue weighted by Gasteiger charge is -2.48. The average Bonchev–Trinajstić information content (AvgIpc) is 2.34. The fraction of sp³-hybridized carbons (Fsp3) is 0.444. The molecule has 0 aromatic heterocycles. The summed E-state index contributed by atoms with van der Waals surface area (Å²) in [5.74, 6) is -1.70. The van der Waals surface area contributed by atoms with Gasteiger partial charge in [0.1, 0.15) is 11.4 Å². The van der Waals surface area contributed by atoms with Crippen molar-refractivity contribution in [1.82, 2.24) is 10.2 Å². The van der Waals surface area contributed by atoms with E-state index in [9.17, 15) is 18.9 Å². The van der Waals surface area contributed by atoms with Gasteiger partial charge in [-0.15, -0.1) is 0 Å². The molecule has 0 radical (unpaired) electrons. The predicted octanol–water partition coefficient (Wildman–Crippen LogP) is -1.23. The molecule has 7 nitrogen and oxygen atoms in total. The highest BCUT2D eigenvalue weighted by Crippen LogP contribution is 2.36. The highest BCUT2D eigenvalue weighted by molar-refractivity contribution is 9.09. The second-order valence-electron chi connectivity index (χ2n) is 3.78. The largest absolute Gasteiger partial charge is 0.614 e. The lowest BCUT2D eigenvalue weighted by molar-refractivity contribution is -0.150. The second-order valence-corrected chi connectivity index (χ2v) is 5.87. The molecule has 2 aliphatic heterocycles. The highest BCUT2D eigenvalue weighted by Gasteiger charge is 2.60. The molecule has 2 aliphatic rings. The van der Waals surface area contributed by atoms with Gasteiger partial charge in [-0.25, -0.2) is 4.79 Å². The summed E-state index contributed by atoms with van der Waals surface area (Å²) in [7, 11) is 0. The van der Waals surface area contributed by atoms with E-state index in [4.69, 9.17) is 5.11 Å². The number of alkyl halides is 1. The van der Waals surface area contributed by atoms with Crippen molar-refractivity contribution >= 4 is 45.4 Å². The second kappa shape index (κ2) is 4.90. The van der Waals surface area contributed by atoms with Crippen LogP contribution in [0.2, 0.25) is 0 Å². The monoisotopic (exact) mass is 336 g/mol. The van der Waals surface area contributed by atoms with Crippen LogP contribution in [-0.4, -0.2) is 55.3 Å². The molecule has 18 heavy (non-hydrogen) atoms. The molecular weight excluding hydrogens is 328 g/mol. The van der Waals surface area contributed by atoms with Crippen molar-refractivity contribution in [3.05, 3.63) is 11.3 Å². The molecule has 2 amide bonds. The molecule has 2 heterocycles. The number of nitrogens with one attached hydrogen (secondary N) is 1. The van der Waals surface area contributed by atoms with Crippen molar-refractivity contribution in [3.63, 3.8) is 0 Å². The lowest BCUT2D eigenvalue weighted by atomic mass is 10.0. The number of amides is 2. The van der Waals surface area contributed by atoms with E-state index in [1.165, 1.54) is 0 Å². The van der Waals surface area contributed by atoms with Crippen LogP contribution in [0.4, 0.5) is 0 Å². The number of nitrogens with zero attached hydrogens (tertiary/aromatic N) is 1. The molecule has 3 atom stereocenters. The van der Waals surface area contributed by atoms with Gasteiger partial charge in [0.25, 0.3) is 5.91 Å². The van der Waals surface area contributed by atoms with Crippen molar-refractivity contribution in [2.45, 2.75) is 11.4 Å². The molecule has 1 fully saturated rings. The molecule has 1 unspecified atom stereocenters. The van der Waals surface area contributed by atoms with Crippen LogP contribution >= 0.6 is 15.9 Å². The van der Waals surface area contributed by atoms with Crippen LogP contribution in [0.5, 0.6) is 0 Å². The van der Waals surface area contributed by atoms with Gasteiger partial charge in [-0.2, -0.15) is 0 Å². The van der Waals surface area contributed by atoms with Crippen molar-refractivity contribution in [3.8, 4) is 0 Å². The maximum absolute atomic E-state index is 11.9. The Bertz CT molecular complexity index is 454. The Labute approximate surface area is 114 Å². The molecule has 0 aromatic carbocycles. The molecule has 0 saturated carbocycles. The van der Waals surface area contributed by atoms with E-state index in [2.05, 4.69) is 21.2 Å². The van der Waals surface area contributed by atoms with Crippen LogP contribution in [0.3, 0.4) is 0 Å². The van der Waals surface area contributed by atoms with E-state index >= 15 is 0 Å². The average molecular weight is 337 g/mol. The van der Waals surface area contributed by atoms with Crippen molar-refractivity contribution < 1.29 is 24.0 Å². The number of carbonyl (C=O) groups excluding carboxylic acids is 2. The van der Waals surface area contributed by atoms with E-state index < -0.39 is 34.5 Å². The molecule has 0 spiro atoms. The summed E-state index contributed by atoms with van der Waals surface area (Å²) in [5, 5.41) is 10.8. The Morgan fingerprint density at radius 2 is 2.39 bits per heavy atom. The zero-order valence-corrected chi connectivity index (χ0v) is 11.4. The topological polar surface area (TPSA) is 110 Å². The first kappa shape index (κ1) is 13.4. The van der Waals surface area contributed by atoms with Crippen LogP contribution in [-0.2, 0) is 25.6 Å². The number of fused-ring (bicyclic) bond motifs is 1. The van der Waals surface area contributed by atoms with Gasteiger partial charge in [-0.3, -0.25) is 14.5 Å². The minimum Gasteiger partial charge on any atom is -0.614 e. The Balaban J connectivity index is 2.37. The van der Waals surface area contributed by atoms with Gasteiger partial charge >= 0.3 is 5.97 Å². The molecule has 0 aromatic rings. The molecule has 9 heteroatoms. The maximum atomic E-state index is 11.9. The summed E-state index contributed by atoms with van der Waals surface area (Å²) in [6.45, 7) is 0. The summed E-state index contributed by atoms with van der Waals surface area (Å²) in [6, 6.07) is -0.894. The highest BCUT2D eigenvalue weighted by atomic mass is 79.9. The number of carbonyl (C=O) groups is 3. The first-order valence-electron chi connectivity index (χ1n) is 4.94. The van der Waals surface area contributed by atoms with Crippen LogP contribution in [0.25, 0.3) is 0 Å². The fourth-order valence-corrected chi connectivity index (χ4v) is 4.47. The van der Waals surface area contributed by atoms with E-state index in [1.807, 2.05) is 0 Å². The maximum Gasteiger partial charge on any atom is 0.352 e. The molecular formula is C9H9BrN2O5S. The minimum absolute atomic E-state index is 0.0817. The standard InChI is InChI=1S/C9H9BrN2O5S/c10-1-4-2-18(17)8-5(11-3-13)7(14)12(8)6(4)9(15)16/h3,5,8H,1-2H2,(H,11,13)(H,15,16)/t5-,8-,18?/m1/s1. The van der Waals surface area contributed by atoms with Gasteiger partial charge in [0, 0.05) is 10.9 Å². The quantitative estimate of drug-likeness (QED) is 0.289. The summed E-state index contributed by atoms with van der Waals surface area (Å²) in [6.07, 6.45) is 0.348. The zero-order chi connectivity index (χ0) is 13.4. The first-order chi connectivity index (χ1) is 8.52. The third-order valence-electron chi connectivity index (χ3n) is 2.82. The van der Waals surface area contributed by atoms with Crippen molar-refractivity contribution in [2.75, 3.05) is 11.1 Å². The lowest BCUT2D eigenvalue weighted by Crippen LogP contribution is -2.74. The molecule has 0 bridgehead atoms. The van der Waals surface area contributed by atoms with Gasteiger partial charge in [0.2, 0.25) is 11.8 Å². The number of hydrogen-bond acceptors (Lipinski definition) is 4. The Kier molecular flexibility index (Phi) is 3.64. The number of carboxylic acid groups (broad SMARTS) is 1. The smallest absolute Gasteiger partial charge is 0.352 e. The molecule has 98 valence electrons. The first-order valence-corrected chi connectivity index (χ1v) is 7.44. The summed E-state index contributed by atoms with van der Waals surface area (Å²) < 4.78 is 11.9. The number of rotatable bonds is 4. The number of β-lactam (4-membered cyclic amide) rings is 1. The van der Waals surface area contributed by atoms with Crippen LogP contribution in [0, 0.1) is 0 Å². The molecule has 2 rings (SSSR count). The van der Waals surface area contributed by atoms with Gasteiger partial charge in [-0.05, 0) is 11.2 Å². The van der Waals surface area contributed by atoms with E-state index in [0.29, 0.717) is 12.0 Å². The van der Waals surface area contributed by atoms with Crippen molar-refractivity contribution in [1.29, 1.82) is 0 Å². The SMILES string of the molecule is O=CN[C@@H]1C(=O)N2C(C(=O)O)=C(CBr)C[S+]([O-])[C@H]12. The minimum atomic E-state index is -1.42. The number of aliphatic carboxylic acids is 1. The van der Waals surface area contributed by atoms with Gasteiger partial charge in [0.15, 0.2) is 6.04 Å². The molecule has 2 N–H and O–H groups in total. The van der Waals surface area contributed by atoms with Gasteiger partial charge < -0.3 is 15.0 Å². The number of hydrogen-bond donors (Lipinski definition) is 2. The third-order valence-corrected chi connectivity index (χ3v) is 5.15. The molecule has 0 aliphatic carbocycles. The number of carboxylic acids is 1. The Morgan fingerprint density at radius 3 is 2.89 bits per heavy atom. The van der Waals surface area contributed by atoms with E-state index in [0.717, 1.165) is 4.90 Å². The summed E-state index contributed by atoms with van der Waals surface area (Å²) >= 11 is 1.70. The summed E-state index contributed by atoms with van der Waals surface area (Å²) in [4.78, 5) is 34.3. The van der Waals surface area contributed by atoms with E-state index in [-0.39, 0.29) is 16.8 Å². The Morgan fingerprint density at radius 1 is 1.72 bits per heavy atom. The van der Waals surface area contributed by atoms with Gasteiger partial charge in [-0.1, -0.05) is 15.9 Å². The predicted molar refractivity (Wildman–Crippen MR) is 65.1 cm³/mol. The summed E-state index contributed by atoms with van der Waals surface area (Å²) in [5.41, 5.74) is 0.278. The Hall–Kier alpha value is -1.06. The van der Waals surface area contributed by atoms with Crippen LogP contribution < -0.4 is 5.32 Å². The van der Waals surface area contributed by atoms with Crippen LogP contribution in [0.1, 0.15) is 0 Å². The van der Waals surface area contributed by atoms with Crippen molar-refractivity contribution in [2.24, 2.45) is 0 Å². The normalized spacial score (nSPS) is 30.7. The molecule has 1 saturated heterocycles. The zero-order valence-electron chi connectivity index (χ0n) is 8.96. The van der Waals surface area contributed by atoms with Crippen LogP contribution in [0.15, 0.2) is 11.3 Å².